The van der Waals surface area contributed by atoms with Gasteiger partial charge in [0.15, 0.2) is 0 Å². The monoisotopic (exact) mass is 335 g/mol. The molecular weight excluding hydrogens is 312 g/mol. The van der Waals surface area contributed by atoms with Crippen molar-refractivity contribution in [2.45, 2.75) is 45.3 Å². The molecule has 130 valence electrons. The Kier molecular flexibility index (Phi) is 4.34. The van der Waals surface area contributed by atoms with Crippen LogP contribution in [0.4, 0.5) is 4.39 Å². The largest absolute Gasteiger partial charge is 0.497 e. The summed E-state index contributed by atoms with van der Waals surface area (Å²) in [5, 5.41) is 2.75. The molecule has 0 bridgehead atoms. The van der Waals surface area contributed by atoms with Crippen molar-refractivity contribution in [3.63, 3.8) is 0 Å². The molecule has 0 radical (unpaired) electrons. The van der Waals surface area contributed by atoms with Crippen LogP contribution in [0.1, 0.15) is 34.1 Å². The van der Waals surface area contributed by atoms with Crippen molar-refractivity contribution in [1.82, 2.24) is 5.32 Å². The third-order valence-corrected chi connectivity index (χ3v) is 5.03. The van der Waals surface area contributed by atoms with E-state index in [1.54, 1.807) is 12.1 Å². The molecule has 7 heteroatoms. The molecule has 0 saturated carbocycles. The molecule has 2 fully saturated rings. The van der Waals surface area contributed by atoms with Crippen LogP contribution in [-0.2, 0) is 14.1 Å². The highest BCUT2D eigenvalue weighted by Crippen LogP contribution is 2.36. The standard InChI is InChI=1S/C17H23BFNO4/c1-16(2)17(3,4)24-18(23-16)13-6-5-12(8-14(13)19)22-10-11-7-15(21)20-9-11/h5-6,8,11H,7,9-10H2,1-4H3,(H,20,21)/t11-/m0/s1. The zero-order valence-electron chi connectivity index (χ0n) is 14.5. The van der Waals surface area contributed by atoms with Crippen LogP contribution in [0, 0.1) is 11.7 Å². The molecule has 5 nitrogen and oxygen atoms in total. The lowest BCUT2D eigenvalue weighted by atomic mass is 9.78. The molecule has 0 unspecified atom stereocenters. The van der Waals surface area contributed by atoms with Gasteiger partial charge < -0.3 is 19.4 Å². The highest BCUT2D eigenvalue weighted by molar-refractivity contribution is 6.62. The summed E-state index contributed by atoms with van der Waals surface area (Å²) in [6, 6.07) is 4.67. The molecule has 1 atom stereocenters. The van der Waals surface area contributed by atoms with Gasteiger partial charge in [0, 0.05) is 30.4 Å². The lowest BCUT2D eigenvalue weighted by Gasteiger charge is -2.32. The normalized spacial score (nSPS) is 25.0. The zero-order valence-corrected chi connectivity index (χ0v) is 14.5. The highest BCUT2D eigenvalue weighted by atomic mass is 19.1. The van der Waals surface area contributed by atoms with Crippen LogP contribution in [0.2, 0.25) is 0 Å². The first-order chi connectivity index (χ1) is 11.2. The number of halogens is 1. The summed E-state index contributed by atoms with van der Waals surface area (Å²) in [4.78, 5) is 11.2. The van der Waals surface area contributed by atoms with Gasteiger partial charge in [-0.3, -0.25) is 4.79 Å². The van der Waals surface area contributed by atoms with Gasteiger partial charge in [-0.05, 0) is 33.8 Å². The van der Waals surface area contributed by atoms with E-state index in [-0.39, 0.29) is 11.8 Å². The minimum atomic E-state index is -0.735. The molecule has 1 N–H and O–H groups in total. The SMILES string of the molecule is CC1(C)OB(c2ccc(OC[C@@H]3CNC(=O)C3)cc2F)OC1(C)C. The lowest BCUT2D eigenvalue weighted by molar-refractivity contribution is -0.119. The minimum Gasteiger partial charge on any atom is -0.493 e. The molecule has 0 aromatic heterocycles. The zero-order chi connectivity index (χ0) is 17.5. The minimum absolute atomic E-state index is 0.0332. The van der Waals surface area contributed by atoms with Crippen molar-refractivity contribution in [2.24, 2.45) is 5.92 Å². The summed E-state index contributed by atoms with van der Waals surface area (Å²) in [5.74, 6) is 0.174. The maximum Gasteiger partial charge on any atom is 0.497 e. The smallest absolute Gasteiger partial charge is 0.493 e. The molecule has 2 aliphatic rings. The van der Waals surface area contributed by atoms with Gasteiger partial charge in [-0.1, -0.05) is 6.07 Å². The van der Waals surface area contributed by atoms with E-state index in [1.807, 2.05) is 27.7 Å². The van der Waals surface area contributed by atoms with Gasteiger partial charge in [0.2, 0.25) is 5.91 Å². The second-order valence-electron chi connectivity index (χ2n) is 7.46. The Morgan fingerprint density at radius 3 is 2.50 bits per heavy atom. The van der Waals surface area contributed by atoms with Crippen LogP contribution < -0.4 is 15.5 Å². The fourth-order valence-electron chi connectivity index (χ4n) is 2.76. The van der Waals surface area contributed by atoms with Crippen molar-refractivity contribution < 1.29 is 23.2 Å². The van der Waals surface area contributed by atoms with Gasteiger partial charge >= 0.3 is 7.12 Å². The van der Waals surface area contributed by atoms with Gasteiger partial charge in [-0.25, -0.2) is 4.39 Å². The van der Waals surface area contributed by atoms with Crippen LogP contribution in [0.15, 0.2) is 18.2 Å². The van der Waals surface area contributed by atoms with E-state index in [2.05, 4.69) is 5.32 Å². The molecule has 2 saturated heterocycles. The molecule has 1 amide bonds. The summed E-state index contributed by atoms with van der Waals surface area (Å²) in [5.41, 5.74) is -0.665. The van der Waals surface area contributed by atoms with E-state index >= 15 is 0 Å². The number of ether oxygens (including phenoxy) is 1. The van der Waals surface area contributed by atoms with Crippen LogP contribution in [0.3, 0.4) is 0 Å². The summed E-state index contributed by atoms with van der Waals surface area (Å²) in [6.07, 6.45) is 0.453. The van der Waals surface area contributed by atoms with Crippen molar-refractivity contribution in [1.29, 1.82) is 0 Å². The molecule has 3 rings (SSSR count). The molecule has 2 heterocycles. The number of hydrogen-bond donors (Lipinski definition) is 1. The summed E-state index contributed by atoms with van der Waals surface area (Å²) in [6.45, 7) is 8.71. The Hall–Kier alpha value is -1.60. The van der Waals surface area contributed by atoms with E-state index in [0.717, 1.165) is 0 Å². The quantitative estimate of drug-likeness (QED) is 0.850. The molecule has 24 heavy (non-hydrogen) atoms. The topological polar surface area (TPSA) is 56.8 Å². The van der Waals surface area contributed by atoms with Crippen molar-refractivity contribution >= 4 is 18.5 Å². The second kappa shape index (κ2) is 6.04. The van der Waals surface area contributed by atoms with Gasteiger partial charge in [0.05, 0.1) is 17.8 Å². The maximum absolute atomic E-state index is 14.5. The average molecular weight is 335 g/mol. The van der Waals surface area contributed by atoms with Crippen LogP contribution in [0.5, 0.6) is 5.75 Å². The first-order valence-electron chi connectivity index (χ1n) is 8.22. The maximum atomic E-state index is 14.5. The lowest BCUT2D eigenvalue weighted by Crippen LogP contribution is -2.41. The van der Waals surface area contributed by atoms with E-state index < -0.39 is 24.1 Å². The van der Waals surface area contributed by atoms with Crippen molar-refractivity contribution in [3.05, 3.63) is 24.0 Å². The Morgan fingerprint density at radius 1 is 1.29 bits per heavy atom. The van der Waals surface area contributed by atoms with Crippen molar-refractivity contribution in [3.8, 4) is 5.75 Å². The van der Waals surface area contributed by atoms with Crippen molar-refractivity contribution in [2.75, 3.05) is 13.2 Å². The van der Waals surface area contributed by atoms with E-state index in [1.165, 1.54) is 6.07 Å². The number of nitrogens with one attached hydrogen (secondary N) is 1. The fraction of sp³-hybridized carbons (Fsp3) is 0.588. The first kappa shape index (κ1) is 17.2. The van der Waals surface area contributed by atoms with E-state index in [0.29, 0.717) is 30.8 Å². The molecule has 1 aromatic rings. The number of amides is 1. The molecular formula is C17H23BFNO4. The average Bonchev–Trinajstić information content (AvgIpc) is 2.98. The Labute approximate surface area is 142 Å². The summed E-state index contributed by atoms with van der Waals surface area (Å²) < 4.78 is 31.8. The Balaban J connectivity index is 1.66. The molecule has 2 aliphatic heterocycles. The van der Waals surface area contributed by atoms with Gasteiger partial charge in [0.25, 0.3) is 0 Å². The third-order valence-electron chi connectivity index (χ3n) is 5.03. The highest BCUT2D eigenvalue weighted by Gasteiger charge is 2.52. The molecule has 0 spiro atoms. The first-order valence-corrected chi connectivity index (χ1v) is 8.22. The van der Waals surface area contributed by atoms with Gasteiger partial charge in [0.1, 0.15) is 11.6 Å². The third kappa shape index (κ3) is 3.28. The van der Waals surface area contributed by atoms with Crippen LogP contribution in [0.25, 0.3) is 0 Å². The number of carbonyl (C=O) groups is 1. The Bertz CT molecular complexity index is 633. The molecule has 1 aromatic carbocycles. The van der Waals surface area contributed by atoms with Gasteiger partial charge in [-0.15, -0.1) is 0 Å². The van der Waals surface area contributed by atoms with Gasteiger partial charge in [-0.2, -0.15) is 0 Å². The Morgan fingerprint density at radius 2 is 1.96 bits per heavy atom. The molecule has 0 aliphatic carbocycles. The number of hydrogen-bond acceptors (Lipinski definition) is 4. The predicted octanol–water partition coefficient (Wildman–Crippen LogP) is 1.64. The summed E-state index contributed by atoms with van der Waals surface area (Å²) >= 11 is 0. The number of rotatable bonds is 4. The summed E-state index contributed by atoms with van der Waals surface area (Å²) in [7, 11) is -0.735. The van der Waals surface area contributed by atoms with E-state index in [4.69, 9.17) is 14.0 Å². The predicted molar refractivity (Wildman–Crippen MR) is 88.7 cm³/mol. The number of benzene rings is 1. The number of carbonyl (C=O) groups excluding carboxylic acids is 1. The van der Waals surface area contributed by atoms with Crippen LogP contribution >= 0.6 is 0 Å². The van der Waals surface area contributed by atoms with Crippen LogP contribution in [-0.4, -0.2) is 37.4 Å². The van der Waals surface area contributed by atoms with E-state index in [9.17, 15) is 9.18 Å². The second-order valence-corrected chi connectivity index (χ2v) is 7.46. The fourth-order valence-corrected chi connectivity index (χ4v) is 2.76.